The number of hydrogen-bond acceptors (Lipinski definition) is 4. The summed E-state index contributed by atoms with van der Waals surface area (Å²) in [5, 5.41) is 0. The Morgan fingerprint density at radius 2 is 1.94 bits per heavy atom. The second-order valence-corrected chi connectivity index (χ2v) is 4.88. The molecule has 1 unspecified atom stereocenters. The number of hydrogen-bond donors (Lipinski definition) is 0. The molecule has 94 valence electrons. The van der Waals surface area contributed by atoms with Gasteiger partial charge in [-0.2, -0.15) is 0 Å². The number of carbonyl (C=O) groups excluding carboxylic acids is 1. The highest BCUT2D eigenvalue weighted by Crippen LogP contribution is 2.10. The van der Waals surface area contributed by atoms with Gasteiger partial charge in [0.05, 0.1) is 18.6 Å². The minimum atomic E-state index is -0.430. The number of rotatable bonds is 5. The van der Waals surface area contributed by atoms with E-state index in [1.807, 2.05) is 34.6 Å². The first-order valence-electron chi connectivity index (χ1n) is 5.52. The molecule has 0 saturated carbocycles. The number of esters is 1. The Morgan fingerprint density at radius 3 is 2.38 bits per heavy atom. The van der Waals surface area contributed by atoms with Crippen LogP contribution in [0, 0.1) is 0 Å². The van der Waals surface area contributed by atoms with Gasteiger partial charge in [-0.1, -0.05) is 0 Å². The Hall–Kier alpha value is -0.900. The van der Waals surface area contributed by atoms with Crippen molar-refractivity contribution in [1.29, 1.82) is 0 Å². The summed E-state index contributed by atoms with van der Waals surface area (Å²) in [6.07, 6.45) is 1.97. The van der Waals surface area contributed by atoms with E-state index in [1.54, 1.807) is 13.3 Å². The second kappa shape index (κ2) is 6.63. The predicted molar refractivity (Wildman–Crippen MR) is 64.9 cm³/mol. The fraction of sp³-hybridized carbons (Fsp3) is 0.833. The van der Waals surface area contributed by atoms with Gasteiger partial charge >= 0.3 is 5.97 Å². The fourth-order valence-electron chi connectivity index (χ4n) is 1.01. The van der Waals surface area contributed by atoms with E-state index < -0.39 is 5.60 Å². The molecule has 0 aliphatic carbocycles. The van der Waals surface area contributed by atoms with Crippen LogP contribution in [0.25, 0.3) is 0 Å². The highest BCUT2D eigenvalue weighted by Gasteiger charge is 2.17. The zero-order chi connectivity index (χ0) is 12.8. The maximum atomic E-state index is 11.5. The van der Waals surface area contributed by atoms with E-state index in [0.717, 1.165) is 0 Å². The highest BCUT2D eigenvalue weighted by atomic mass is 16.6. The van der Waals surface area contributed by atoms with Crippen LogP contribution >= 0.6 is 0 Å². The summed E-state index contributed by atoms with van der Waals surface area (Å²) in [5.74, 6) is -0.220. The number of aliphatic imine (C=N–C) groups is 1. The molecule has 0 rings (SSSR count). The van der Waals surface area contributed by atoms with Crippen LogP contribution in [0.3, 0.4) is 0 Å². The maximum Gasteiger partial charge on any atom is 0.308 e. The molecule has 0 aromatic rings. The molecule has 0 aromatic heterocycles. The summed E-state index contributed by atoms with van der Waals surface area (Å²) >= 11 is 0. The van der Waals surface area contributed by atoms with Gasteiger partial charge in [0.1, 0.15) is 5.60 Å². The molecular weight excluding hydrogens is 206 g/mol. The zero-order valence-electron chi connectivity index (χ0n) is 11.1. The van der Waals surface area contributed by atoms with E-state index >= 15 is 0 Å². The molecule has 2 atom stereocenters. The van der Waals surface area contributed by atoms with Gasteiger partial charge in [-0.25, -0.2) is 0 Å². The normalized spacial score (nSPS) is 16.1. The van der Waals surface area contributed by atoms with Gasteiger partial charge in [0, 0.05) is 13.3 Å². The molecule has 0 aliphatic rings. The van der Waals surface area contributed by atoms with Crippen LogP contribution in [0.4, 0.5) is 0 Å². The summed E-state index contributed by atoms with van der Waals surface area (Å²) in [6, 6.07) is -0.0764. The van der Waals surface area contributed by atoms with E-state index in [0.29, 0.717) is 6.42 Å². The average molecular weight is 229 g/mol. The van der Waals surface area contributed by atoms with Crippen LogP contribution in [0.2, 0.25) is 0 Å². The summed E-state index contributed by atoms with van der Waals surface area (Å²) in [5.41, 5.74) is -0.430. The van der Waals surface area contributed by atoms with Gasteiger partial charge in [-0.05, 0) is 34.6 Å². The van der Waals surface area contributed by atoms with E-state index in [1.165, 1.54) is 0 Å². The van der Waals surface area contributed by atoms with Gasteiger partial charge in [0.15, 0.2) is 0 Å². The number of nitrogens with zero attached hydrogens (tertiary/aromatic N) is 1. The number of methoxy groups -OCH3 is 1. The number of carbonyl (C=O) groups is 1. The third-order valence-corrected chi connectivity index (χ3v) is 1.80. The molecule has 0 aromatic carbocycles. The lowest BCUT2D eigenvalue weighted by atomic mass is 10.2. The smallest absolute Gasteiger partial charge is 0.308 e. The van der Waals surface area contributed by atoms with Gasteiger partial charge in [0.2, 0.25) is 0 Å². The lowest BCUT2D eigenvalue weighted by Gasteiger charge is -2.20. The molecule has 0 aliphatic heterocycles. The van der Waals surface area contributed by atoms with Crippen molar-refractivity contribution in [3.8, 4) is 0 Å². The molecular formula is C12H23NO3. The molecule has 0 radical (unpaired) electrons. The second-order valence-electron chi connectivity index (χ2n) is 4.88. The summed E-state index contributed by atoms with van der Waals surface area (Å²) in [6.45, 7) is 9.33. The van der Waals surface area contributed by atoms with Crippen LogP contribution in [-0.2, 0) is 14.3 Å². The molecule has 0 saturated heterocycles. The van der Waals surface area contributed by atoms with E-state index in [2.05, 4.69) is 4.99 Å². The Kier molecular flexibility index (Phi) is 6.26. The minimum absolute atomic E-state index is 0.0268. The van der Waals surface area contributed by atoms with Crippen LogP contribution in [0.5, 0.6) is 0 Å². The SMILES string of the molecule is COC(C)C=N[C@H](C)CC(=O)OC(C)(C)C. The largest absolute Gasteiger partial charge is 0.460 e. The molecule has 0 spiro atoms. The quantitative estimate of drug-likeness (QED) is 0.536. The molecule has 4 heteroatoms. The predicted octanol–water partition coefficient (Wildman–Crippen LogP) is 2.21. The fourth-order valence-corrected chi connectivity index (χ4v) is 1.01. The van der Waals surface area contributed by atoms with Crippen LogP contribution in [-0.4, -0.2) is 37.0 Å². The van der Waals surface area contributed by atoms with Crippen molar-refractivity contribution in [2.75, 3.05) is 7.11 Å². The molecule has 16 heavy (non-hydrogen) atoms. The van der Waals surface area contributed by atoms with Crippen LogP contribution in [0.15, 0.2) is 4.99 Å². The first-order chi connectivity index (χ1) is 7.24. The maximum absolute atomic E-state index is 11.5. The average Bonchev–Trinajstić information content (AvgIpc) is 2.10. The van der Waals surface area contributed by atoms with E-state index in [4.69, 9.17) is 9.47 Å². The lowest BCUT2D eigenvalue weighted by molar-refractivity contribution is -0.155. The van der Waals surface area contributed by atoms with Gasteiger partial charge in [-0.15, -0.1) is 0 Å². The topological polar surface area (TPSA) is 47.9 Å². The standard InChI is InChI=1S/C12H23NO3/c1-9(13-8-10(2)15-6)7-11(14)16-12(3,4)5/h8-10H,7H2,1-6H3/t9-,10?/m1/s1. The molecule has 0 bridgehead atoms. The van der Waals surface area contributed by atoms with Crippen molar-refractivity contribution in [2.24, 2.45) is 4.99 Å². The van der Waals surface area contributed by atoms with Crippen molar-refractivity contribution < 1.29 is 14.3 Å². The molecule has 4 nitrogen and oxygen atoms in total. The highest BCUT2D eigenvalue weighted by molar-refractivity contribution is 5.71. The summed E-state index contributed by atoms with van der Waals surface area (Å²) < 4.78 is 10.2. The first-order valence-corrected chi connectivity index (χ1v) is 5.52. The Labute approximate surface area is 98.0 Å². The monoisotopic (exact) mass is 229 g/mol. The zero-order valence-corrected chi connectivity index (χ0v) is 11.1. The van der Waals surface area contributed by atoms with Crippen molar-refractivity contribution in [3.63, 3.8) is 0 Å². The van der Waals surface area contributed by atoms with Crippen molar-refractivity contribution in [1.82, 2.24) is 0 Å². The van der Waals surface area contributed by atoms with Gasteiger partial charge < -0.3 is 9.47 Å². The number of ether oxygens (including phenoxy) is 2. The van der Waals surface area contributed by atoms with Gasteiger partial charge in [0.25, 0.3) is 0 Å². The van der Waals surface area contributed by atoms with Crippen LogP contribution in [0.1, 0.15) is 41.0 Å². The Bertz CT molecular complexity index is 243. The van der Waals surface area contributed by atoms with Crippen molar-refractivity contribution in [2.45, 2.75) is 58.8 Å². The minimum Gasteiger partial charge on any atom is -0.460 e. The first kappa shape index (κ1) is 15.1. The van der Waals surface area contributed by atoms with Crippen molar-refractivity contribution >= 4 is 12.2 Å². The Morgan fingerprint density at radius 1 is 1.38 bits per heavy atom. The summed E-state index contributed by atoms with van der Waals surface area (Å²) in [4.78, 5) is 15.7. The third kappa shape index (κ3) is 8.41. The molecule has 0 heterocycles. The van der Waals surface area contributed by atoms with E-state index in [-0.39, 0.29) is 18.1 Å². The van der Waals surface area contributed by atoms with Crippen LogP contribution < -0.4 is 0 Å². The third-order valence-electron chi connectivity index (χ3n) is 1.80. The van der Waals surface area contributed by atoms with Crippen molar-refractivity contribution in [3.05, 3.63) is 0 Å². The molecule has 0 N–H and O–H groups in total. The van der Waals surface area contributed by atoms with E-state index in [9.17, 15) is 4.79 Å². The molecule has 0 amide bonds. The lowest BCUT2D eigenvalue weighted by Crippen LogP contribution is -2.25. The Balaban J connectivity index is 4.01. The van der Waals surface area contributed by atoms with Gasteiger partial charge in [-0.3, -0.25) is 9.79 Å². The summed E-state index contributed by atoms with van der Waals surface area (Å²) in [7, 11) is 1.62. The molecule has 0 fully saturated rings.